The van der Waals surface area contributed by atoms with Crippen molar-refractivity contribution in [1.82, 2.24) is 0 Å². The molecular weight excluding hydrogens is 272 g/mol. The number of carbonyl (C=O) groups excluding carboxylic acids is 1. The second kappa shape index (κ2) is 3.23. The van der Waals surface area contributed by atoms with Gasteiger partial charge in [-0.3, -0.25) is 0 Å². The summed E-state index contributed by atoms with van der Waals surface area (Å²) in [4.78, 5) is 12.1. The number of rotatable bonds is 1. The molecule has 2 aliphatic carbocycles. The lowest BCUT2D eigenvalue weighted by Gasteiger charge is -2.33. The lowest BCUT2D eigenvalue weighted by atomic mass is 9.85. The Morgan fingerprint density at radius 2 is 2.05 bits per heavy atom. The fourth-order valence-electron chi connectivity index (χ4n) is 5.03. The molecule has 0 aromatic heterocycles. The van der Waals surface area contributed by atoms with Gasteiger partial charge in [0.1, 0.15) is 17.3 Å². The Morgan fingerprint density at radius 1 is 1.35 bits per heavy atom. The standard InChI is InChI=1S/C15H22O4Si/c1-13(17)8-10-11-9(12(16)18-10)6-5-7-14(20(2,3)4)15(11,13)19-14/h10,17H,5-8H2,1-4H3/t10-,13+,14+,15-/m1/s1. The lowest BCUT2D eigenvalue weighted by Crippen LogP contribution is -2.54. The summed E-state index contributed by atoms with van der Waals surface area (Å²) in [5, 5.41) is 10.8. The molecule has 0 radical (unpaired) electrons. The van der Waals surface area contributed by atoms with Crippen molar-refractivity contribution < 1.29 is 19.4 Å². The van der Waals surface area contributed by atoms with Gasteiger partial charge < -0.3 is 14.6 Å². The molecule has 110 valence electrons. The Labute approximate surface area is 120 Å². The maximum atomic E-state index is 12.1. The molecule has 0 bridgehead atoms. The van der Waals surface area contributed by atoms with Gasteiger partial charge in [-0.1, -0.05) is 19.6 Å². The zero-order valence-corrected chi connectivity index (χ0v) is 13.6. The van der Waals surface area contributed by atoms with Crippen LogP contribution in [0.15, 0.2) is 11.1 Å². The van der Waals surface area contributed by atoms with Crippen LogP contribution in [0.2, 0.25) is 19.6 Å². The van der Waals surface area contributed by atoms with Crippen LogP contribution in [0.3, 0.4) is 0 Å². The van der Waals surface area contributed by atoms with Gasteiger partial charge in [0.15, 0.2) is 0 Å². The Balaban J connectivity index is 1.97. The molecule has 1 saturated carbocycles. The van der Waals surface area contributed by atoms with Gasteiger partial charge in [0.2, 0.25) is 0 Å². The van der Waals surface area contributed by atoms with Crippen molar-refractivity contribution in [3.05, 3.63) is 11.1 Å². The molecule has 0 aromatic carbocycles. The minimum absolute atomic E-state index is 0.179. The van der Waals surface area contributed by atoms with Gasteiger partial charge in [-0.15, -0.1) is 0 Å². The fourth-order valence-corrected chi connectivity index (χ4v) is 7.87. The van der Waals surface area contributed by atoms with Crippen molar-refractivity contribution in [2.24, 2.45) is 0 Å². The zero-order valence-electron chi connectivity index (χ0n) is 12.6. The summed E-state index contributed by atoms with van der Waals surface area (Å²) in [6, 6.07) is 0. The first-order valence-electron chi connectivity index (χ1n) is 7.53. The highest BCUT2D eigenvalue weighted by molar-refractivity contribution is 6.80. The molecule has 0 amide bonds. The largest absolute Gasteiger partial charge is 0.454 e. The van der Waals surface area contributed by atoms with Gasteiger partial charge in [-0.2, -0.15) is 0 Å². The van der Waals surface area contributed by atoms with Crippen LogP contribution < -0.4 is 0 Å². The molecule has 0 aromatic rings. The molecule has 4 atom stereocenters. The second-order valence-electron chi connectivity index (χ2n) is 7.98. The van der Waals surface area contributed by atoms with E-state index in [4.69, 9.17) is 9.47 Å². The maximum absolute atomic E-state index is 12.1. The first-order valence-corrected chi connectivity index (χ1v) is 11.0. The number of hydrogen-bond donors (Lipinski definition) is 1. The molecule has 2 heterocycles. The number of ether oxygens (including phenoxy) is 2. The highest BCUT2D eigenvalue weighted by Gasteiger charge is 2.87. The third-order valence-electron chi connectivity index (χ3n) is 5.88. The average molecular weight is 294 g/mol. The Bertz CT molecular complexity index is 559. The monoisotopic (exact) mass is 294 g/mol. The summed E-state index contributed by atoms with van der Waals surface area (Å²) < 4.78 is 11.9. The number of esters is 1. The molecule has 2 aliphatic heterocycles. The molecular formula is C15H22O4Si. The van der Waals surface area contributed by atoms with E-state index in [0.717, 1.165) is 30.4 Å². The van der Waals surface area contributed by atoms with Crippen LogP contribution in [0.4, 0.5) is 0 Å². The molecule has 5 heteroatoms. The van der Waals surface area contributed by atoms with Crippen LogP contribution in [0.25, 0.3) is 0 Å². The van der Waals surface area contributed by atoms with E-state index in [9.17, 15) is 9.90 Å². The van der Waals surface area contributed by atoms with E-state index in [2.05, 4.69) is 19.6 Å². The molecule has 2 fully saturated rings. The number of aliphatic hydroxyl groups is 1. The third kappa shape index (κ3) is 1.12. The molecule has 1 N–H and O–H groups in total. The molecule has 4 rings (SSSR count). The van der Waals surface area contributed by atoms with E-state index >= 15 is 0 Å². The first-order chi connectivity index (χ1) is 9.16. The minimum Gasteiger partial charge on any atom is -0.454 e. The van der Waals surface area contributed by atoms with E-state index < -0.39 is 19.3 Å². The van der Waals surface area contributed by atoms with Gasteiger partial charge in [0, 0.05) is 17.6 Å². The van der Waals surface area contributed by atoms with Gasteiger partial charge in [0.25, 0.3) is 0 Å². The predicted molar refractivity (Wildman–Crippen MR) is 75.9 cm³/mol. The fraction of sp³-hybridized carbons (Fsp3) is 0.800. The topological polar surface area (TPSA) is 59.1 Å². The Morgan fingerprint density at radius 3 is 2.70 bits per heavy atom. The van der Waals surface area contributed by atoms with Crippen molar-refractivity contribution in [2.75, 3.05) is 0 Å². The predicted octanol–water partition coefficient (Wildman–Crippen LogP) is 1.93. The number of carbonyl (C=O) groups is 1. The van der Waals surface area contributed by atoms with Crippen molar-refractivity contribution in [1.29, 1.82) is 0 Å². The molecule has 4 nitrogen and oxygen atoms in total. The summed E-state index contributed by atoms with van der Waals surface area (Å²) in [7, 11) is -1.66. The normalized spacial score (nSPS) is 49.6. The van der Waals surface area contributed by atoms with E-state index in [1.165, 1.54) is 0 Å². The van der Waals surface area contributed by atoms with E-state index in [1.54, 1.807) is 0 Å². The van der Waals surface area contributed by atoms with E-state index in [1.807, 2.05) is 6.92 Å². The van der Waals surface area contributed by atoms with Crippen molar-refractivity contribution >= 4 is 14.0 Å². The summed E-state index contributed by atoms with van der Waals surface area (Å²) in [5.41, 5.74) is 0.217. The first kappa shape index (κ1) is 13.0. The molecule has 1 saturated heterocycles. The van der Waals surface area contributed by atoms with Gasteiger partial charge in [-0.25, -0.2) is 4.79 Å². The van der Waals surface area contributed by atoms with Crippen molar-refractivity contribution in [2.45, 2.75) is 74.8 Å². The van der Waals surface area contributed by atoms with Gasteiger partial charge >= 0.3 is 5.97 Å². The van der Waals surface area contributed by atoms with Crippen LogP contribution in [0.5, 0.6) is 0 Å². The summed E-state index contributed by atoms with van der Waals surface area (Å²) in [6.07, 6.45) is 2.89. The Hall–Kier alpha value is -0.653. The summed E-state index contributed by atoms with van der Waals surface area (Å²) >= 11 is 0. The van der Waals surface area contributed by atoms with Crippen LogP contribution in [0.1, 0.15) is 32.6 Å². The summed E-state index contributed by atoms with van der Waals surface area (Å²) in [6.45, 7) is 8.76. The molecule has 1 spiro atoms. The van der Waals surface area contributed by atoms with Crippen LogP contribution in [0, 0.1) is 0 Å². The Kier molecular flexibility index (Phi) is 2.11. The van der Waals surface area contributed by atoms with E-state index in [0.29, 0.717) is 6.42 Å². The third-order valence-corrected chi connectivity index (χ3v) is 9.01. The summed E-state index contributed by atoms with van der Waals surface area (Å²) in [5.74, 6) is -0.179. The highest BCUT2D eigenvalue weighted by Crippen LogP contribution is 2.72. The lowest BCUT2D eigenvalue weighted by molar-refractivity contribution is -0.140. The SMILES string of the molecule is C[C@]1(O)C[C@H]2OC(=O)C3=C2[C@@]12O[C@]2([Si](C)(C)C)CCC3. The van der Waals surface area contributed by atoms with Crippen LogP contribution in [-0.4, -0.2) is 41.7 Å². The highest BCUT2D eigenvalue weighted by atomic mass is 28.3. The van der Waals surface area contributed by atoms with Crippen LogP contribution in [-0.2, 0) is 14.3 Å². The second-order valence-corrected chi connectivity index (χ2v) is 13.3. The van der Waals surface area contributed by atoms with Gasteiger partial charge in [-0.05, 0) is 26.2 Å². The van der Waals surface area contributed by atoms with Crippen molar-refractivity contribution in [3.8, 4) is 0 Å². The quantitative estimate of drug-likeness (QED) is 0.456. The molecule has 4 aliphatic rings. The molecule has 20 heavy (non-hydrogen) atoms. The van der Waals surface area contributed by atoms with Gasteiger partial charge in [0.05, 0.1) is 13.3 Å². The number of hydrogen-bond acceptors (Lipinski definition) is 4. The van der Waals surface area contributed by atoms with Crippen molar-refractivity contribution in [3.63, 3.8) is 0 Å². The van der Waals surface area contributed by atoms with Crippen LogP contribution >= 0.6 is 0 Å². The maximum Gasteiger partial charge on any atom is 0.334 e. The minimum atomic E-state index is -1.66. The average Bonchev–Trinajstić information content (AvgIpc) is 2.84. The smallest absolute Gasteiger partial charge is 0.334 e. The number of epoxide rings is 1. The van der Waals surface area contributed by atoms with E-state index in [-0.39, 0.29) is 17.3 Å². The molecule has 0 unspecified atom stereocenters. The zero-order chi connectivity index (χ0) is 14.6.